The molecular weight excluding hydrogens is 336 g/mol. The summed E-state index contributed by atoms with van der Waals surface area (Å²) in [5, 5.41) is 16.1. The standard InChI is InChI=1S/C18H22N4O4/c23-15(20-13-7-3-1-2-6-12(13)18(24)25)9-10-16-21-17(22-26-16)14-8-4-5-11-19-14/h4-5,8,11-13H,1-3,6-7,9-10H2,(H,20,23)(H,24,25)/t12-,13+/m1/s1. The number of aliphatic carboxylic acids is 1. The summed E-state index contributed by atoms with van der Waals surface area (Å²) in [7, 11) is 0. The molecule has 2 atom stereocenters. The number of hydrogen-bond donors (Lipinski definition) is 2. The van der Waals surface area contributed by atoms with Gasteiger partial charge in [0.2, 0.25) is 17.6 Å². The van der Waals surface area contributed by atoms with Gasteiger partial charge in [0.05, 0.1) is 5.92 Å². The molecule has 8 nitrogen and oxygen atoms in total. The summed E-state index contributed by atoms with van der Waals surface area (Å²) in [6.45, 7) is 0. The van der Waals surface area contributed by atoms with E-state index in [-0.39, 0.29) is 18.4 Å². The Morgan fingerprint density at radius 3 is 2.85 bits per heavy atom. The molecule has 0 bridgehead atoms. The SMILES string of the molecule is O=C(CCc1nc(-c2ccccn2)no1)N[C@H]1CCCCC[C@H]1C(=O)O. The first-order valence-electron chi connectivity index (χ1n) is 8.89. The minimum atomic E-state index is -0.839. The molecule has 138 valence electrons. The van der Waals surface area contributed by atoms with Gasteiger partial charge in [-0.25, -0.2) is 0 Å². The number of aryl methyl sites for hydroxylation is 1. The first-order chi connectivity index (χ1) is 12.6. The molecule has 0 aliphatic heterocycles. The van der Waals surface area contributed by atoms with Crippen LogP contribution >= 0.6 is 0 Å². The van der Waals surface area contributed by atoms with Gasteiger partial charge in [0.1, 0.15) is 5.69 Å². The second kappa shape index (κ2) is 8.55. The Morgan fingerprint density at radius 2 is 2.08 bits per heavy atom. The van der Waals surface area contributed by atoms with E-state index in [1.807, 2.05) is 6.07 Å². The molecule has 2 aromatic heterocycles. The van der Waals surface area contributed by atoms with Crippen LogP contribution in [0, 0.1) is 5.92 Å². The largest absolute Gasteiger partial charge is 0.481 e. The summed E-state index contributed by atoms with van der Waals surface area (Å²) in [6, 6.07) is 5.10. The zero-order valence-electron chi connectivity index (χ0n) is 14.4. The maximum atomic E-state index is 12.2. The van der Waals surface area contributed by atoms with E-state index >= 15 is 0 Å². The molecule has 26 heavy (non-hydrogen) atoms. The van der Waals surface area contributed by atoms with Crippen LogP contribution in [0.1, 0.15) is 44.4 Å². The second-order valence-corrected chi connectivity index (χ2v) is 6.48. The van der Waals surface area contributed by atoms with Crippen molar-refractivity contribution < 1.29 is 19.2 Å². The van der Waals surface area contributed by atoms with Crippen molar-refractivity contribution in [1.29, 1.82) is 0 Å². The fourth-order valence-corrected chi connectivity index (χ4v) is 3.23. The zero-order valence-corrected chi connectivity index (χ0v) is 14.4. The number of carbonyl (C=O) groups excluding carboxylic acids is 1. The number of carbonyl (C=O) groups is 2. The van der Waals surface area contributed by atoms with E-state index in [0.29, 0.717) is 36.7 Å². The van der Waals surface area contributed by atoms with Gasteiger partial charge in [-0.3, -0.25) is 14.6 Å². The second-order valence-electron chi connectivity index (χ2n) is 6.48. The molecule has 8 heteroatoms. The smallest absolute Gasteiger partial charge is 0.308 e. The van der Waals surface area contributed by atoms with Crippen LogP contribution in [-0.2, 0) is 16.0 Å². The highest BCUT2D eigenvalue weighted by Crippen LogP contribution is 2.24. The summed E-state index contributed by atoms with van der Waals surface area (Å²) in [6.07, 6.45) is 6.26. The predicted molar refractivity (Wildman–Crippen MR) is 92.0 cm³/mol. The summed E-state index contributed by atoms with van der Waals surface area (Å²) in [4.78, 5) is 32.1. The molecule has 1 fully saturated rings. The summed E-state index contributed by atoms with van der Waals surface area (Å²) in [5.74, 6) is -0.803. The topological polar surface area (TPSA) is 118 Å². The van der Waals surface area contributed by atoms with Gasteiger partial charge in [0.15, 0.2) is 0 Å². The Labute approximate surface area is 151 Å². The molecule has 2 heterocycles. The number of carboxylic acids is 1. The van der Waals surface area contributed by atoms with E-state index in [1.165, 1.54) is 0 Å². The van der Waals surface area contributed by atoms with Gasteiger partial charge in [-0.05, 0) is 25.0 Å². The molecule has 1 amide bonds. The Morgan fingerprint density at radius 1 is 1.23 bits per heavy atom. The lowest BCUT2D eigenvalue weighted by molar-refractivity contribution is -0.143. The molecule has 3 rings (SSSR count). The minimum Gasteiger partial charge on any atom is -0.481 e. The first-order valence-corrected chi connectivity index (χ1v) is 8.89. The van der Waals surface area contributed by atoms with Crippen molar-refractivity contribution in [1.82, 2.24) is 20.4 Å². The van der Waals surface area contributed by atoms with Crippen molar-refractivity contribution in [3.63, 3.8) is 0 Å². The number of nitrogens with zero attached hydrogens (tertiary/aromatic N) is 3. The number of rotatable bonds is 6. The van der Waals surface area contributed by atoms with Gasteiger partial charge in [0, 0.05) is 25.1 Å². The van der Waals surface area contributed by atoms with Crippen molar-refractivity contribution in [3.8, 4) is 11.5 Å². The van der Waals surface area contributed by atoms with Gasteiger partial charge in [-0.15, -0.1) is 0 Å². The fraction of sp³-hybridized carbons (Fsp3) is 0.500. The fourth-order valence-electron chi connectivity index (χ4n) is 3.23. The van der Waals surface area contributed by atoms with Crippen LogP contribution in [-0.4, -0.2) is 38.1 Å². The summed E-state index contributed by atoms with van der Waals surface area (Å²) in [5.41, 5.74) is 0.606. The van der Waals surface area contributed by atoms with Gasteiger partial charge >= 0.3 is 5.97 Å². The molecule has 0 saturated heterocycles. The third-order valence-corrected chi connectivity index (χ3v) is 4.61. The average molecular weight is 358 g/mol. The van der Waals surface area contributed by atoms with Crippen LogP contribution in [0.15, 0.2) is 28.9 Å². The molecule has 0 spiro atoms. The minimum absolute atomic E-state index is 0.173. The van der Waals surface area contributed by atoms with Crippen molar-refractivity contribution in [2.24, 2.45) is 5.92 Å². The molecular formula is C18H22N4O4. The number of carboxylic acid groups (broad SMARTS) is 1. The average Bonchev–Trinajstić information content (AvgIpc) is 3.00. The molecule has 1 aliphatic rings. The van der Waals surface area contributed by atoms with E-state index < -0.39 is 11.9 Å². The third kappa shape index (κ3) is 4.65. The van der Waals surface area contributed by atoms with Crippen molar-refractivity contribution in [3.05, 3.63) is 30.3 Å². The van der Waals surface area contributed by atoms with Crippen LogP contribution in [0.2, 0.25) is 0 Å². The Kier molecular flexibility index (Phi) is 5.93. The Bertz CT molecular complexity index is 747. The van der Waals surface area contributed by atoms with Crippen LogP contribution in [0.25, 0.3) is 11.5 Å². The van der Waals surface area contributed by atoms with Gasteiger partial charge in [0.25, 0.3) is 0 Å². The molecule has 0 aromatic carbocycles. The molecule has 0 unspecified atom stereocenters. The number of pyridine rings is 1. The highest BCUT2D eigenvalue weighted by molar-refractivity contribution is 5.78. The third-order valence-electron chi connectivity index (χ3n) is 4.61. The molecule has 2 N–H and O–H groups in total. The maximum Gasteiger partial charge on any atom is 0.308 e. The predicted octanol–water partition coefficient (Wildman–Crippen LogP) is 2.21. The van der Waals surface area contributed by atoms with E-state index in [9.17, 15) is 14.7 Å². The van der Waals surface area contributed by atoms with E-state index in [2.05, 4.69) is 20.4 Å². The van der Waals surface area contributed by atoms with Gasteiger partial charge < -0.3 is 14.9 Å². The highest BCUT2D eigenvalue weighted by atomic mass is 16.5. The molecule has 0 radical (unpaired) electrons. The zero-order chi connectivity index (χ0) is 18.4. The van der Waals surface area contributed by atoms with E-state index in [1.54, 1.807) is 18.3 Å². The molecule has 2 aromatic rings. The lowest BCUT2D eigenvalue weighted by Gasteiger charge is -2.22. The maximum absolute atomic E-state index is 12.2. The van der Waals surface area contributed by atoms with Crippen molar-refractivity contribution in [2.75, 3.05) is 0 Å². The van der Waals surface area contributed by atoms with Crippen LogP contribution in [0.5, 0.6) is 0 Å². The van der Waals surface area contributed by atoms with Crippen LogP contribution in [0.3, 0.4) is 0 Å². The van der Waals surface area contributed by atoms with E-state index in [4.69, 9.17) is 4.52 Å². The summed E-state index contributed by atoms with van der Waals surface area (Å²) >= 11 is 0. The number of hydrogen-bond acceptors (Lipinski definition) is 6. The lowest BCUT2D eigenvalue weighted by Crippen LogP contribution is -2.42. The molecule has 1 aliphatic carbocycles. The van der Waals surface area contributed by atoms with Crippen LogP contribution < -0.4 is 5.32 Å². The van der Waals surface area contributed by atoms with Crippen molar-refractivity contribution >= 4 is 11.9 Å². The quantitative estimate of drug-likeness (QED) is 0.760. The van der Waals surface area contributed by atoms with E-state index in [0.717, 1.165) is 19.3 Å². The highest BCUT2D eigenvalue weighted by Gasteiger charge is 2.30. The van der Waals surface area contributed by atoms with Gasteiger partial charge in [-0.1, -0.05) is 30.5 Å². The monoisotopic (exact) mass is 358 g/mol. The lowest BCUT2D eigenvalue weighted by atomic mass is 9.94. The number of aromatic nitrogens is 3. The van der Waals surface area contributed by atoms with Crippen molar-refractivity contribution in [2.45, 2.75) is 51.0 Å². The van der Waals surface area contributed by atoms with Gasteiger partial charge in [-0.2, -0.15) is 4.98 Å². The summed E-state index contributed by atoms with van der Waals surface area (Å²) < 4.78 is 5.16. The van der Waals surface area contributed by atoms with Crippen LogP contribution in [0.4, 0.5) is 0 Å². The Hall–Kier alpha value is -2.77. The normalized spacial score (nSPS) is 20.3. The Balaban J connectivity index is 1.54. The molecule has 1 saturated carbocycles. The number of nitrogens with one attached hydrogen (secondary N) is 1. The first kappa shape index (κ1) is 18.0. The number of amides is 1.